The average Bonchev–Trinajstić information content (AvgIpc) is 2.77. The number of hydrogen-bond acceptors (Lipinski definition) is 3. The van der Waals surface area contributed by atoms with Gasteiger partial charge in [0.1, 0.15) is 0 Å². The maximum Gasteiger partial charge on any atom is 0.328 e. The lowest BCUT2D eigenvalue weighted by Gasteiger charge is -2.06. The van der Waals surface area contributed by atoms with Crippen LogP contribution in [0.15, 0.2) is 35.5 Å². The van der Waals surface area contributed by atoms with Crippen molar-refractivity contribution in [2.75, 3.05) is 6.61 Å². The van der Waals surface area contributed by atoms with Crippen LogP contribution in [0.5, 0.6) is 0 Å². The van der Waals surface area contributed by atoms with E-state index in [1.807, 2.05) is 24.3 Å². The summed E-state index contributed by atoms with van der Waals surface area (Å²) in [7, 11) is 0. The average molecular weight is 246 g/mol. The number of nitrogens with zero attached hydrogens (tertiary/aromatic N) is 1. The van der Waals surface area contributed by atoms with Gasteiger partial charge in [-0.05, 0) is 11.6 Å². The van der Waals surface area contributed by atoms with Crippen molar-refractivity contribution < 1.29 is 15.0 Å². The van der Waals surface area contributed by atoms with E-state index in [0.717, 1.165) is 16.5 Å². The van der Waals surface area contributed by atoms with E-state index in [2.05, 4.69) is 9.98 Å². The topological polar surface area (TPSA) is 85.7 Å². The van der Waals surface area contributed by atoms with Crippen molar-refractivity contribution in [2.24, 2.45) is 4.99 Å². The zero-order valence-corrected chi connectivity index (χ0v) is 9.71. The van der Waals surface area contributed by atoms with Crippen LogP contribution < -0.4 is 0 Å². The molecule has 1 heterocycles. The van der Waals surface area contributed by atoms with Crippen LogP contribution in [0.2, 0.25) is 0 Å². The lowest BCUT2D eigenvalue weighted by atomic mass is 10.1. The first-order chi connectivity index (χ1) is 8.72. The highest BCUT2D eigenvalue weighted by Crippen LogP contribution is 2.19. The molecule has 0 saturated heterocycles. The van der Waals surface area contributed by atoms with E-state index in [-0.39, 0.29) is 6.61 Å². The van der Waals surface area contributed by atoms with Gasteiger partial charge in [0, 0.05) is 29.7 Å². The fourth-order valence-corrected chi connectivity index (χ4v) is 1.89. The number of aliphatic imine (C=N–C) groups is 1. The number of hydrogen-bond donors (Lipinski definition) is 3. The molecular weight excluding hydrogens is 232 g/mol. The van der Waals surface area contributed by atoms with Gasteiger partial charge in [0.2, 0.25) is 0 Å². The van der Waals surface area contributed by atoms with E-state index in [4.69, 9.17) is 10.2 Å². The van der Waals surface area contributed by atoms with Crippen molar-refractivity contribution in [3.8, 4) is 0 Å². The van der Waals surface area contributed by atoms with E-state index in [1.165, 1.54) is 6.21 Å². The van der Waals surface area contributed by atoms with Crippen LogP contribution in [0.4, 0.5) is 0 Å². The monoisotopic (exact) mass is 246 g/mol. The number of benzene rings is 1. The van der Waals surface area contributed by atoms with Crippen molar-refractivity contribution >= 4 is 23.1 Å². The Morgan fingerprint density at radius 1 is 1.44 bits per heavy atom. The first-order valence-corrected chi connectivity index (χ1v) is 5.62. The minimum atomic E-state index is -0.995. The summed E-state index contributed by atoms with van der Waals surface area (Å²) in [6, 6.07) is 6.84. The van der Waals surface area contributed by atoms with Gasteiger partial charge in [-0.15, -0.1) is 0 Å². The van der Waals surface area contributed by atoms with E-state index >= 15 is 0 Å². The first-order valence-electron chi connectivity index (χ1n) is 5.62. The maximum atomic E-state index is 11.1. The number of carboxylic acid groups (broad SMARTS) is 1. The number of H-pyrrole nitrogens is 1. The maximum absolute atomic E-state index is 11.1. The molecule has 0 aliphatic heterocycles. The first kappa shape index (κ1) is 12.3. The molecule has 1 atom stereocenters. The second-order valence-electron chi connectivity index (χ2n) is 3.93. The van der Waals surface area contributed by atoms with Gasteiger partial charge in [-0.2, -0.15) is 0 Å². The normalized spacial score (nSPS) is 13.2. The second-order valence-corrected chi connectivity index (χ2v) is 3.93. The number of nitrogens with one attached hydrogen (secondary N) is 1. The quantitative estimate of drug-likeness (QED) is 0.693. The van der Waals surface area contributed by atoms with Crippen molar-refractivity contribution in [3.05, 3.63) is 36.0 Å². The summed E-state index contributed by atoms with van der Waals surface area (Å²) in [6.07, 6.45) is 3.32. The predicted octanol–water partition coefficient (Wildman–Crippen LogP) is 1.23. The Morgan fingerprint density at radius 3 is 2.94 bits per heavy atom. The molecule has 0 amide bonds. The molecule has 0 bridgehead atoms. The van der Waals surface area contributed by atoms with Crippen LogP contribution in [-0.2, 0) is 11.2 Å². The SMILES string of the molecule is O=C(O)[C@H](Cc1c[nH]c2ccccc12)N=CCO. The number of aromatic amines is 1. The number of para-hydroxylation sites is 1. The molecule has 3 N–H and O–H groups in total. The zero-order valence-electron chi connectivity index (χ0n) is 9.71. The van der Waals surface area contributed by atoms with Crippen LogP contribution >= 0.6 is 0 Å². The highest BCUT2D eigenvalue weighted by molar-refractivity contribution is 5.84. The number of rotatable bonds is 5. The van der Waals surface area contributed by atoms with Crippen LogP contribution in [0.25, 0.3) is 10.9 Å². The fraction of sp³-hybridized carbons (Fsp3) is 0.231. The van der Waals surface area contributed by atoms with Gasteiger partial charge in [-0.3, -0.25) is 4.99 Å². The minimum absolute atomic E-state index is 0.252. The molecule has 94 valence electrons. The molecule has 5 heteroatoms. The number of aliphatic hydroxyl groups excluding tert-OH is 1. The standard InChI is InChI=1S/C13H14N2O3/c16-6-5-14-12(13(17)18)7-9-8-15-11-4-2-1-3-10(9)11/h1-5,8,12,15-16H,6-7H2,(H,17,18)/t12-/m0/s1. The molecule has 2 rings (SSSR count). The molecule has 0 aliphatic rings. The van der Waals surface area contributed by atoms with Gasteiger partial charge in [0.25, 0.3) is 0 Å². The van der Waals surface area contributed by atoms with Gasteiger partial charge in [-0.25, -0.2) is 4.79 Å². The second kappa shape index (κ2) is 5.46. The summed E-state index contributed by atoms with van der Waals surface area (Å²) in [5.41, 5.74) is 1.89. The van der Waals surface area contributed by atoms with Crippen molar-refractivity contribution in [2.45, 2.75) is 12.5 Å². The molecule has 0 fully saturated rings. The van der Waals surface area contributed by atoms with Crippen LogP contribution in [0.1, 0.15) is 5.56 Å². The minimum Gasteiger partial charge on any atom is -0.480 e. The van der Waals surface area contributed by atoms with E-state index in [0.29, 0.717) is 6.42 Å². The molecule has 1 aromatic carbocycles. The molecule has 0 saturated carbocycles. The third-order valence-electron chi connectivity index (χ3n) is 2.74. The molecule has 0 unspecified atom stereocenters. The van der Waals surface area contributed by atoms with Crippen LogP contribution in [-0.4, -0.2) is 40.0 Å². The summed E-state index contributed by atoms with van der Waals surface area (Å²) < 4.78 is 0. The molecular formula is C13H14N2O3. The predicted molar refractivity (Wildman–Crippen MR) is 69.0 cm³/mol. The number of aliphatic hydroxyl groups is 1. The summed E-state index contributed by atoms with van der Waals surface area (Å²) in [5.74, 6) is -0.995. The molecule has 5 nitrogen and oxygen atoms in total. The number of aromatic nitrogens is 1. The van der Waals surface area contributed by atoms with E-state index in [9.17, 15) is 4.79 Å². The van der Waals surface area contributed by atoms with Crippen LogP contribution in [0, 0.1) is 0 Å². The van der Waals surface area contributed by atoms with Gasteiger partial charge >= 0.3 is 5.97 Å². The number of aliphatic carboxylic acids is 1. The Morgan fingerprint density at radius 2 is 2.22 bits per heavy atom. The van der Waals surface area contributed by atoms with Crippen molar-refractivity contribution in [1.82, 2.24) is 4.98 Å². The molecule has 1 aromatic heterocycles. The van der Waals surface area contributed by atoms with E-state index in [1.54, 1.807) is 6.20 Å². The molecule has 0 spiro atoms. The van der Waals surface area contributed by atoms with Gasteiger partial charge < -0.3 is 15.2 Å². The summed E-state index contributed by atoms with van der Waals surface area (Å²) in [6.45, 7) is -0.252. The Hall–Kier alpha value is -2.14. The Kier molecular flexibility index (Phi) is 3.74. The number of carbonyl (C=O) groups is 1. The highest BCUT2D eigenvalue weighted by Gasteiger charge is 2.17. The van der Waals surface area contributed by atoms with Crippen molar-refractivity contribution in [3.63, 3.8) is 0 Å². The highest BCUT2D eigenvalue weighted by atomic mass is 16.4. The van der Waals surface area contributed by atoms with Crippen molar-refractivity contribution in [1.29, 1.82) is 0 Å². The summed E-state index contributed by atoms with van der Waals surface area (Å²) in [5, 5.41) is 18.7. The molecule has 18 heavy (non-hydrogen) atoms. The third kappa shape index (κ3) is 2.57. The lowest BCUT2D eigenvalue weighted by molar-refractivity contribution is -0.138. The number of fused-ring (bicyclic) bond motifs is 1. The smallest absolute Gasteiger partial charge is 0.328 e. The van der Waals surface area contributed by atoms with Gasteiger partial charge in [-0.1, -0.05) is 18.2 Å². The summed E-state index contributed by atoms with van der Waals surface area (Å²) >= 11 is 0. The molecule has 0 aliphatic carbocycles. The fourth-order valence-electron chi connectivity index (χ4n) is 1.89. The summed E-state index contributed by atoms with van der Waals surface area (Å²) in [4.78, 5) is 18.0. The Bertz CT molecular complexity index is 574. The number of carboxylic acids is 1. The van der Waals surface area contributed by atoms with Gasteiger partial charge in [0.05, 0.1) is 6.61 Å². The Balaban J connectivity index is 2.26. The lowest BCUT2D eigenvalue weighted by Crippen LogP contribution is -2.21. The molecule has 2 aromatic rings. The largest absolute Gasteiger partial charge is 0.480 e. The zero-order chi connectivity index (χ0) is 13.0. The van der Waals surface area contributed by atoms with Gasteiger partial charge in [0.15, 0.2) is 6.04 Å². The molecule has 0 radical (unpaired) electrons. The third-order valence-corrected chi connectivity index (χ3v) is 2.74. The van der Waals surface area contributed by atoms with E-state index < -0.39 is 12.0 Å². The van der Waals surface area contributed by atoms with Crippen LogP contribution in [0.3, 0.4) is 0 Å². The Labute approximate surface area is 104 Å².